The highest BCUT2D eigenvalue weighted by Gasteiger charge is 2.48. The van der Waals surface area contributed by atoms with Crippen molar-refractivity contribution in [2.24, 2.45) is 11.7 Å². The molecule has 4 unspecified atom stereocenters. The molecule has 0 aliphatic carbocycles. The molecule has 0 spiro atoms. The molecule has 5 nitrogen and oxygen atoms in total. The molecule has 0 aromatic carbocycles. The molecule has 2 N–H and O–H groups in total. The predicted octanol–water partition coefficient (Wildman–Crippen LogP) is 0.0859. The molecular weight excluding hydrogens is 232 g/mol. The van der Waals surface area contributed by atoms with E-state index in [-0.39, 0.29) is 17.7 Å². The quantitative estimate of drug-likeness (QED) is 0.774. The SMILES string of the molecule is COC1CN(C2(CN)CCOCC2C)CC1OC. The van der Waals surface area contributed by atoms with Crippen molar-refractivity contribution in [3.8, 4) is 0 Å². The van der Waals surface area contributed by atoms with Crippen LogP contribution in [-0.2, 0) is 14.2 Å². The maximum Gasteiger partial charge on any atom is 0.0972 e. The van der Waals surface area contributed by atoms with Crippen LogP contribution in [-0.4, -0.2) is 69.7 Å². The summed E-state index contributed by atoms with van der Waals surface area (Å²) in [6.07, 6.45) is 1.29. The summed E-state index contributed by atoms with van der Waals surface area (Å²) >= 11 is 0. The van der Waals surface area contributed by atoms with E-state index in [1.165, 1.54) is 0 Å². The third-order valence-corrected chi connectivity index (χ3v) is 4.77. The second-order valence-corrected chi connectivity index (χ2v) is 5.49. The van der Waals surface area contributed by atoms with Crippen molar-refractivity contribution in [2.75, 3.05) is 47.1 Å². The maximum absolute atomic E-state index is 6.10. The third-order valence-electron chi connectivity index (χ3n) is 4.77. The van der Waals surface area contributed by atoms with Gasteiger partial charge < -0.3 is 19.9 Å². The molecule has 18 heavy (non-hydrogen) atoms. The van der Waals surface area contributed by atoms with Crippen molar-refractivity contribution in [2.45, 2.75) is 31.1 Å². The smallest absolute Gasteiger partial charge is 0.0972 e. The summed E-state index contributed by atoms with van der Waals surface area (Å²) in [6.45, 7) is 6.29. The highest BCUT2D eigenvalue weighted by atomic mass is 16.5. The van der Waals surface area contributed by atoms with Gasteiger partial charge in [0.25, 0.3) is 0 Å². The van der Waals surface area contributed by atoms with E-state index in [4.69, 9.17) is 19.9 Å². The Labute approximate surface area is 110 Å². The average molecular weight is 258 g/mol. The summed E-state index contributed by atoms with van der Waals surface area (Å²) in [6, 6.07) is 0. The average Bonchev–Trinajstić information content (AvgIpc) is 2.83. The van der Waals surface area contributed by atoms with Crippen molar-refractivity contribution in [1.29, 1.82) is 0 Å². The lowest BCUT2D eigenvalue weighted by atomic mass is 9.79. The van der Waals surface area contributed by atoms with Crippen LogP contribution in [0, 0.1) is 5.92 Å². The number of likely N-dealkylation sites (tertiary alicyclic amines) is 1. The second kappa shape index (κ2) is 5.84. The number of hydrogen-bond donors (Lipinski definition) is 1. The van der Waals surface area contributed by atoms with Crippen LogP contribution in [0.25, 0.3) is 0 Å². The van der Waals surface area contributed by atoms with Gasteiger partial charge in [-0.2, -0.15) is 0 Å². The fraction of sp³-hybridized carbons (Fsp3) is 1.00. The fourth-order valence-corrected chi connectivity index (χ4v) is 3.37. The number of rotatable bonds is 4. The molecule has 106 valence electrons. The molecule has 5 heteroatoms. The highest BCUT2D eigenvalue weighted by molar-refractivity contribution is 5.03. The Morgan fingerprint density at radius 3 is 2.33 bits per heavy atom. The van der Waals surface area contributed by atoms with E-state index < -0.39 is 0 Å². The largest absolute Gasteiger partial charge is 0.381 e. The molecule has 0 aromatic rings. The van der Waals surface area contributed by atoms with E-state index in [1.54, 1.807) is 14.2 Å². The molecule has 4 atom stereocenters. The van der Waals surface area contributed by atoms with Gasteiger partial charge in [0.2, 0.25) is 0 Å². The van der Waals surface area contributed by atoms with Crippen LogP contribution in [0.1, 0.15) is 13.3 Å². The minimum absolute atomic E-state index is 0.0440. The lowest BCUT2D eigenvalue weighted by molar-refractivity contribution is -0.0627. The number of nitrogens with zero attached hydrogens (tertiary/aromatic N) is 1. The molecule has 0 aromatic heterocycles. The van der Waals surface area contributed by atoms with E-state index in [0.717, 1.165) is 32.7 Å². The van der Waals surface area contributed by atoms with E-state index >= 15 is 0 Å². The molecule has 2 fully saturated rings. The molecule has 0 radical (unpaired) electrons. The standard InChI is InChI=1S/C13H26N2O3/c1-10-8-18-5-4-13(10,9-14)15-6-11(16-2)12(7-15)17-3/h10-12H,4-9,14H2,1-3H3. The minimum Gasteiger partial charge on any atom is -0.381 e. The Morgan fingerprint density at radius 2 is 1.89 bits per heavy atom. The summed E-state index contributed by atoms with van der Waals surface area (Å²) in [7, 11) is 3.51. The first-order chi connectivity index (χ1) is 8.67. The van der Waals surface area contributed by atoms with Crippen LogP contribution >= 0.6 is 0 Å². The summed E-state index contributed by atoms with van der Waals surface area (Å²) in [5, 5.41) is 0. The molecule has 0 bridgehead atoms. The minimum atomic E-state index is 0.0440. The van der Waals surface area contributed by atoms with Gasteiger partial charge in [-0.25, -0.2) is 0 Å². The fourth-order valence-electron chi connectivity index (χ4n) is 3.37. The summed E-state index contributed by atoms with van der Waals surface area (Å²) < 4.78 is 16.6. The van der Waals surface area contributed by atoms with E-state index in [1.807, 2.05) is 0 Å². The highest BCUT2D eigenvalue weighted by Crippen LogP contribution is 2.35. The van der Waals surface area contributed by atoms with Gasteiger partial charge in [-0.05, 0) is 12.3 Å². The lowest BCUT2D eigenvalue weighted by Gasteiger charge is -2.48. The van der Waals surface area contributed by atoms with Crippen LogP contribution in [0.4, 0.5) is 0 Å². The molecule has 2 heterocycles. The molecule has 2 aliphatic rings. The number of hydrogen-bond acceptors (Lipinski definition) is 5. The summed E-state index contributed by atoms with van der Waals surface area (Å²) in [5.41, 5.74) is 6.15. The zero-order valence-electron chi connectivity index (χ0n) is 11.7. The van der Waals surface area contributed by atoms with Gasteiger partial charge in [0, 0.05) is 46.0 Å². The topological polar surface area (TPSA) is 57.0 Å². The van der Waals surface area contributed by atoms with Gasteiger partial charge in [-0.1, -0.05) is 6.92 Å². The first-order valence-electron chi connectivity index (χ1n) is 6.76. The van der Waals surface area contributed by atoms with Gasteiger partial charge >= 0.3 is 0 Å². The van der Waals surface area contributed by atoms with Crippen molar-refractivity contribution in [3.05, 3.63) is 0 Å². The van der Waals surface area contributed by atoms with Crippen LogP contribution in [0.3, 0.4) is 0 Å². The van der Waals surface area contributed by atoms with Crippen LogP contribution in [0.5, 0.6) is 0 Å². The Balaban J connectivity index is 2.13. The van der Waals surface area contributed by atoms with Crippen LogP contribution in [0.2, 0.25) is 0 Å². The lowest BCUT2D eigenvalue weighted by Crippen LogP contribution is -2.61. The van der Waals surface area contributed by atoms with Crippen molar-refractivity contribution < 1.29 is 14.2 Å². The monoisotopic (exact) mass is 258 g/mol. The first-order valence-corrected chi connectivity index (χ1v) is 6.76. The zero-order chi connectivity index (χ0) is 13.2. The maximum atomic E-state index is 6.10. The third kappa shape index (κ3) is 2.30. The van der Waals surface area contributed by atoms with Gasteiger partial charge in [0.05, 0.1) is 18.8 Å². The molecule has 2 rings (SSSR count). The second-order valence-electron chi connectivity index (χ2n) is 5.49. The van der Waals surface area contributed by atoms with Crippen LogP contribution in [0.15, 0.2) is 0 Å². The Bertz CT molecular complexity index is 265. The van der Waals surface area contributed by atoms with Gasteiger partial charge in [-0.3, -0.25) is 4.90 Å². The van der Waals surface area contributed by atoms with E-state index in [0.29, 0.717) is 12.5 Å². The molecule has 2 aliphatic heterocycles. The summed E-state index contributed by atoms with van der Waals surface area (Å²) in [5.74, 6) is 0.448. The predicted molar refractivity (Wildman–Crippen MR) is 69.6 cm³/mol. The first kappa shape index (κ1) is 14.2. The van der Waals surface area contributed by atoms with E-state index in [9.17, 15) is 0 Å². The number of ether oxygens (including phenoxy) is 3. The van der Waals surface area contributed by atoms with Gasteiger partial charge in [0.15, 0.2) is 0 Å². The molecular formula is C13H26N2O3. The van der Waals surface area contributed by atoms with Gasteiger partial charge in [0.1, 0.15) is 0 Å². The summed E-state index contributed by atoms with van der Waals surface area (Å²) in [4.78, 5) is 2.46. The Hall–Kier alpha value is -0.200. The van der Waals surface area contributed by atoms with Gasteiger partial charge in [-0.15, -0.1) is 0 Å². The Morgan fingerprint density at radius 1 is 1.28 bits per heavy atom. The number of nitrogens with two attached hydrogens (primary N) is 1. The molecule has 2 saturated heterocycles. The normalized spacial score (nSPS) is 42.3. The van der Waals surface area contributed by atoms with Crippen molar-refractivity contribution in [3.63, 3.8) is 0 Å². The number of methoxy groups -OCH3 is 2. The Kier molecular flexibility index (Phi) is 4.61. The van der Waals surface area contributed by atoms with Crippen LogP contribution < -0.4 is 5.73 Å². The zero-order valence-corrected chi connectivity index (χ0v) is 11.7. The molecule has 0 saturated carbocycles. The molecule has 0 amide bonds. The van der Waals surface area contributed by atoms with E-state index in [2.05, 4.69) is 11.8 Å². The van der Waals surface area contributed by atoms with Crippen molar-refractivity contribution >= 4 is 0 Å². The van der Waals surface area contributed by atoms with Crippen molar-refractivity contribution in [1.82, 2.24) is 4.90 Å².